The van der Waals surface area contributed by atoms with Gasteiger partial charge in [-0.3, -0.25) is 9.59 Å². The maximum Gasteiger partial charge on any atom is 0.316 e. The Kier molecular flexibility index (Phi) is 7.63. The predicted molar refractivity (Wildman–Crippen MR) is 123 cm³/mol. The van der Waals surface area contributed by atoms with Gasteiger partial charge in [-0.2, -0.15) is 4.98 Å². The second-order valence-corrected chi connectivity index (χ2v) is 9.01. The number of nitrogens with one attached hydrogen (secondary N) is 2. The molecule has 8 nitrogen and oxygen atoms in total. The summed E-state index contributed by atoms with van der Waals surface area (Å²) in [5.74, 6) is 0.00654. The van der Waals surface area contributed by atoms with Gasteiger partial charge in [0.25, 0.3) is 5.91 Å². The van der Waals surface area contributed by atoms with Gasteiger partial charge in [-0.1, -0.05) is 66.1 Å². The number of nitrogens with zero attached hydrogens (tertiary/aromatic N) is 2. The lowest BCUT2D eigenvalue weighted by Gasteiger charge is -2.18. The standard InChI is InChI=1S/C23H25BrN4O4/c1-23(2,3)16-6-4-15(5-7-16)20-27-22(32-28-20)21(30)26-13-12-25-19(29)14-31-18-10-8-17(24)9-11-18/h4-11H,12-14H2,1-3H3,(H,25,29)(H,26,30). The van der Waals surface area contributed by atoms with Crippen molar-refractivity contribution in [2.45, 2.75) is 26.2 Å². The van der Waals surface area contributed by atoms with Crippen LogP contribution in [0.4, 0.5) is 0 Å². The highest BCUT2D eigenvalue weighted by Gasteiger charge is 2.17. The predicted octanol–water partition coefficient (Wildman–Crippen LogP) is 3.72. The van der Waals surface area contributed by atoms with Crippen molar-refractivity contribution in [1.29, 1.82) is 0 Å². The van der Waals surface area contributed by atoms with Crippen LogP contribution in [0.5, 0.6) is 5.75 Å². The molecule has 0 aliphatic rings. The summed E-state index contributed by atoms with van der Waals surface area (Å²) in [5, 5.41) is 9.18. The van der Waals surface area contributed by atoms with Gasteiger partial charge in [0.15, 0.2) is 6.61 Å². The van der Waals surface area contributed by atoms with Crippen molar-refractivity contribution in [3.63, 3.8) is 0 Å². The van der Waals surface area contributed by atoms with E-state index in [0.717, 1.165) is 10.0 Å². The number of carbonyl (C=O) groups excluding carboxylic acids is 2. The molecule has 2 amide bonds. The minimum absolute atomic E-state index is 0.0430. The van der Waals surface area contributed by atoms with Crippen LogP contribution >= 0.6 is 15.9 Å². The van der Waals surface area contributed by atoms with Crippen LogP contribution in [0.1, 0.15) is 37.0 Å². The third-order valence-electron chi connectivity index (χ3n) is 4.55. The van der Waals surface area contributed by atoms with Gasteiger partial charge in [-0.15, -0.1) is 0 Å². The summed E-state index contributed by atoms with van der Waals surface area (Å²) >= 11 is 3.33. The molecule has 0 aliphatic carbocycles. The highest BCUT2D eigenvalue weighted by molar-refractivity contribution is 9.10. The zero-order valence-corrected chi connectivity index (χ0v) is 19.7. The summed E-state index contributed by atoms with van der Waals surface area (Å²) in [6.07, 6.45) is 0. The largest absolute Gasteiger partial charge is 0.484 e. The molecule has 0 saturated heterocycles. The maximum absolute atomic E-state index is 12.2. The molecule has 168 valence electrons. The SMILES string of the molecule is CC(C)(C)c1ccc(-c2noc(C(=O)NCCNC(=O)COc3ccc(Br)cc3)n2)cc1. The fourth-order valence-electron chi connectivity index (χ4n) is 2.74. The van der Waals surface area contributed by atoms with Gasteiger partial charge in [0.1, 0.15) is 5.75 Å². The Labute approximate surface area is 194 Å². The third-order valence-corrected chi connectivity index (χ3v) is 5.07. The Morgan fingerprint density at radius 2 is 1.66 bits per heavy atom. The van der Waals surface area contributed by atoms with Crippen molar-refractivity contribution in [3.05, 3.63) is 64.5 Å². The molecule has 2 N–H and O–H groups in total. The van der Waals surface area contributed by atoms with E-state index in [4.69, 9.17) is 9.26 Å². The van der Waals surface area contributed by atoms with E-state index in [1.165, 1.54) is 5.56 Å². The van der Waals surface area contributed by atoms with Crippen molar-refractivity contribution < 1.29 is 18.8 Å². The molecule has 0 unspecified atom stereocenters. The lowest BCUT2D eigenvalue weighted by Crippen LogP contribution is -2.36. The van der Waals surface area contributed by atoms with Gasteiger partial charge in [-0.25, -0.2) is 0 Å². The summed E-state index contributed by atoms with van der Waals surface area (Å²) in [6, 6.07) is 15.0. The molecule has 0 bridgehead atoms. The second-order valence-electron chi connectivity index (χ2n) is 8.10. The van der Waals surface area contributed by atoms with E-state index in [2.05, 4.69) is 57.5 Å². The molecule has 32 heavy (non-hydrogen) atoms. The summed E-state index contributed by atoms with van der Waals surface area (Å²) in [6.45, 7) is 6.74. The van der Waals surface area contributed by atoms with Crippen molar-refractivity contribution >= 4 is 27.7 Å². The van der Waals surface area contributed by atoms with E-state index in [0.29, 0.717) is 11.6 Å². The zero-order chi connectivity index (χ0) is 23.1. The van der Waals surface area contributed by atoms with Crippen LogP contribution in [-0.2, 0) is 10.2 Å². The summed E-state index contributed by atoms with van der Waals surface area (Å²) in [7, 11) is 0. The lowest BCUT2D eigenvalue weighted by atomic mass is 9.87. The topological polar surface area (TPSA) is 106 Å². The molecule has 9 heteroatoms. The summed E-state index contributed by atoms with van der Waals surface area (Å²) in [4.78, 5) is 28.2. The first kappa shape index (κ1) is 23.5. The fraction of sp³-hybridized carbons (Fsp3) is 0.304. The molecular formula is C23H25BrN4O4. The van der Waals surface area contributed by atoms with Gasteiger partial charge < -0.3 is 19.9 Å². The molecule has 1 aromatic heterocycles. The number of hydrogen-bond acceptors (Lipinski definition) is 6. The van der Waals surface area contributed by atoms with Gasteiger partial charge in [0.05, 0.1) is 0 Å². The number of amides is 2. The van der Waals surface area contributed by atoms with Crippen LogP contribution < -0.4 is 15.4 Å². The van der Waals surface area contributed by atoms with E-state index in [1.54, 1.807) is 12.1 Å². The zero-order valence-electron chi connectivity index (χ0n) is 18.1. The quantitative estimate of drug-likeness (QED) is 0.456. The Balaban J connectivity index is 1.41. The Hall–Kier alpha value is -3.20. The second kappa shape index (κ2) is 10.4. The molecule has 1 heterocycles. The molecule has 3 rings (SSSR count). The average molecular weight is 501 g/mol. The number of carbonyl (C=O) groups is 2. The van der Waals surface area contributed by atoms with Crippen LogP contribution in [0.25, 0.3) is 11.4 Å². The fourth-order valence-corrected chi connectivity index (χ4v) is 3.00. The first-order valence-corrected chi connectivity index (χ1v) is 10.9. The smallest absolute Gasteiger partial charge is 0.316 e. The number of halogens is 1. The van der Waals surface area contributed by atoms with Gasteiger partial charge in [0, 0.05) is 23.1 Å². The van der Waals surface area contributed by atoms with Crippen molar-refractivity contribution in [1.82, 2.24) is 20.8 Å². The minimum atomic E-state index is -0.504. The first-order valence-electron chi connectivity index (χ1n) is 10.1. The summed E-state index contributed by atoms with van der Waals surface area (Å²) < 4.78 is 11.4. The number of benzene rings is 2. The minimum Gasteiger partial charge on any atom is -0.484 e. The Morgan fingerprint density at radius 1 is 1.00 bits per heavy atom. The third kappa shape index (κ3) is 6.65. The number of aromatic nitrogens is 2. The van der Waals surface area contributed by atoms with E-state index < -0.39 is 5.91 Å². The highest BCUT2D eigenvalue weighted by Crippen LogP contribution is 2.25. The van der Waals surface area contributed by atoms with E-state index in [-0.39, 0.29) is 36.9 Å². The molecule has 3 aromatic rings. The molecule has 0 fully saturated rings. The molecule has 0 saturated carbocycles. The van der Waals surface area contributed by atoms with E-state index in [9.17, 15) is 9.59 Å². The van der Waals surface area contributed by atoms with Gasteiger partial charge in [0.2, 0.25) is 5.82 Å². The Morgan fingerprint density at radius 3 is 2.31 bits per heavy atom. The van der Waals surface area contributed by atoms with Crippen molar-refractivity contribution in [3.8, 4) is 17.1 Å². The van der Waals surface area contributed by atoms with Crippen LogP contribution in [0.2, 0.25) is 0 Å². The normalized spacial score (nSPS) is 11.1. The molecule has 0 atom stereocenters. The summed E-state index contributed by atoms with van der Waals surface area (Å²) in [5.41, 5.74) is 1.99. The maximum atomic E-state index is 12.2. The lowest BCUT2D eigenvalue weighted by molar-refractivity contribution is -0.123. The molecule has 0 radical (unpaired) electrons. The highest BCUT2D eigenvalue weighted by atomic mass is 79.9. The number of hydrogen-bond donors (Lipinski definition) is 2. The van der Waals surface area contributed by atoms with Crippen LogP contribution in [0.3, 0.4) is 0 Å². The molecule has 0 aliphatic heterocycles. The number of rotatable bonds is 8. The molecule has 2 aromatic carbocycles. The van der Waals surface area contributed by atoms with Gasteiger partial charge >= 0.3 is 11.8 Å². The number of ether oxygens (including phenoxy) is 1. The van der Waals surface area contributed by atoms with Crippen molar-refractivity contribution in [2.75, 3.05) is 19.7 Å². The monoisotopic (exact) mass is 500 g/mol. The van der Waals surface area contributed by atoms with Gasteiger partial charge in [-0.05, 0) is 35.2 Å². The molecule has 0 spiro atoms. The van der Waals surface area contributed by atoms with E-state index in [1.807, 2.05) is 36.4 Å². The van der Waals surface area contributed by atoms with E-state index >= 15 is 0 Å². The van der Waals surface area contributed by atoms with Crippen LogP contribution in [0.15, 0.2) is 57.5 Å². The average Bonchev–Trinajstić information content (AvgIpc) is 3.26. The van der Waals surface area contributed by atoms with Crippen molar-refractivity contribution in [2.24, 2.45) is 0 Å². The molecular weight excluding hydrogens is 476 g/mol. The van der Waals surface area contributed by atoms with Crippen LogP contribution in [-0.4, -0.2) is 41.7 Å². The Bertz CT molecular complexity index is 1060. The first-order chi connectivity index (χ1) is 15.2. The van der Waals surface area contributed by atoms with Crippen LogP contribution in [0, 0.1) is 0 Å².